The van der Waals surface area contributed by atoms with Gasteiger partial charge in [0.05, 0.1) is 0 Å². The molecular formula is C8H11BrN2O2. The maximum absolute atomic E-state index is 11.5. The molecule has 1 rings (SSSR count). The summed E-state index contributed by atoms with van der Waals surface area (Å²) in [5.41, 5.74) is 0.121. The second kappa shape index (κ2) is 3.49. The molecule has 0 atom stereocenters. The molecule has 1 aromatic heterocycles. The Kier molecular flexibility index (Phi) is 2.75. The number of aromatic nitrogens is 2. The Morgan fingerprint density at radius 3 is 2.38 bits per heavy atom. The molecule has 0 bridgehead atoms. The highest BCUT2D eigenvalue weighted by atomic mass is 79.9. The van der Waals surface area contributed by atoms with Crippen LogP contribution in [0.5, 0.6) is 0 Å². The van der Waals surface area contributed by atoms with Gasteiger partial charge in [0.25, 0.3) is 5.56 Å². The van der Waals surface area contributed by atoms with Crippen LogP contribution in [0.3, 0.4) is 0 Å². The lowest BCUT2D eigenvalue weighted by molar-refractivity contribution is 0.605. The fourth-order valence-corrected chi connectivity index (χ4v) is 1.59. The molecule has 0 N–H and O–H groups in total. The lowest BCUT2D eigenvalue weighted by atomic mass is 10.4. The Labute approximate surface area is 83.9 Å². The van der Waals surface area contributed by atoms with Gasteiger partial charge in [0, 0.05) is 19.3 Å². The Morgan fingerprint density at radius 2 is 1.92 bits per heavy atom. The van der Waals surface area contributed by atoms with E-state index in [-0.39, 0.29) is 11.2 Å². The fraction of sp³-hybridized carbons (Fsp3) is 0.500. The monoisotopic (exact) mass is 246 g/mol. The molecule has 0 unspecified atom stereocenters. The minimum atomic E-state index is -0.270. The lowest BCUT2D eigenvalue weighted by Crippen LogP contribution is -2.40. The number of rotatable bonds is 1. The molecule has 4 nitrogen and oxygen atoms in total. The van der Waals surface area contributed by atoms with E-state index in [1.54, 1.807) is 20.9 Å². The average molecular weight is 247 g/mol. The fourth-order valence-electron chi connectivity index (χ4n) is 1.11. The van der Waals surface area contributed by atoms with Crippen molar-refractivity contribution >= 4 is 15.9 Å². The third-order valence-corrected chi connectivity index (χ3v) is 3.00. The highest BCUT2D eigenvalue weighted by Crippen LogP contribution is 2.06. The largest absolute Gasteiger partial charge is 0.330 e. The van der Waals surface area contributed by atoms with Crippen LogP contribution in [0.25, 0.3) is 0 Å². The summed E-state index contributed by atoms with van der Waals surface area (Å²) >= 11 is 3.16. The minimum Gasteiger partial charge on any atom is -0.300 e. The topological polar surface area (TPSA) is 44.0 Å². The van der Waals surface area contributed by atoms with Crippen molar-refractivity contribution in [2.24, 2.45) is 7.05 Å². The molecule has 0 radical (unpaired) electrons. The molecule has 0 aliphatic carbocycles. The van der Waals surface area contributed by atoms with Crippen LogP contribution in [0.15, 0.2) is 14.1 Å². The SMILES string of the molecule is CCn1c(=O)c(Br)c(C)n(C)c1=O. The predicted octanol–water partition coefficient (Wildman–Crippen LogP) is 0.638. The van der Waals surface area contributed by atoms with E-state index in [0.29, 0.717) is 16.7 Å². The first-order valence-electron chi connectivity index (χ1n) is 3.96. The van der Waals surface area contributed by atoms with Crippen molar-refractivity contribution in [3.63, 3.8) is 0 Å². The van der Waals surface area contributed by atoms with E-state index in [9.17, 15) is 9.59 Å². The summed E-state index contributed by atoms with van der Waals surface area (Å²) in [4.78, 5) is 23.0. The smallest absolute Gasteiger partial charge is 0.300 e. The summed E-state index contributed by atoms with van der Waals surface area (Å²) in [6.45, 7) is 3.89. The maximum Gasteiger partial charge on any atom is 0.330 e. The molecule has 13 heavy (non-hydrogen) atoms. The van der Waals surface area contributed by atoms with Crippen molar-refractivity contribution in [2.75, 3.05) is 0 Å². The first kappa shape index (κ1) is 10.2. The molecule has 0 saturated heterocycles. The van der Waals surface area contributed by atoms with Crippen molar-refractivity contribution in [2.45, 2.75) is 20.4 Å². The third kappa shape index (κ3) is 1.48. The van der Waals surface area contributed by atoms with Gasteiger partial charge >= 0.3 is 5.69 Å². The molecule has 5 heteroatoms. The Balaban J connectivity index is 3.78. The van der Waals surface area contributed by atoms with Gasteiger partial charge in [0.2, 0.25) is 0 Å². The number of hydrogen-bond donors (Lipinski definition) is 0. The van der Waals surface area contributed by atoms with Crippen LogP contribution in [-0.2, 0) is 13.6 Å². The Bertz CT molecular complexity index is 407. The van der Waals surface area contributed by atoms with Gasteiger partial charge in [0.15, 0.2) is 0 Å². The van der Waals surface area contributed by atoms with Crippen LogP contribution in [0.2, 0.25) is 0 Å². The molecule has 0 aliphatic rings. The van der Waals surface area contributed by atoms with Crippen molar-refractivity contribution in [1.82, 2.24) is 9.13 Å². The standard InChI is InChI=1S/C8H11BrN2O2/c1-4-11-7(12)6(9)5(2)10(3)8(11)13/h4H2,1-3H3. The summed E-state index contributed by atoms with van der Waals surface area (Å²) in [5.74, 6) is 0. The van der Waals surface area contributed by atoms with Gasteiger partial charge in [-0.05, 0) is 29.8 Å². The second-order valence-corrected chi connectivity index (χ2v) is 3.58. The van der Waals surface area contributed by atoms with Gasteiger partial charge in [-0.2, -0.15) is 0 Å². The van der Waals surface area contributed by atoms with Gasteiger partial charge in [0.1, 0.15) is 4.47 Å². The molecule has 1 aromatic rings. The molecule has 0 spiro atoms. The summed E-state index contributed by atoms with van der Waals surface area (Å²) in [6.07, 6.45) is 0. The van der Waals surface area contributed by atoms with Crippen LogP contribution in [0.1, 0.15) is 12.6 Å². The molecule has 1 heterocycles. The van der Waals surface area contributed by atoms with Gasteiger partial charge < -0.3 is 0 Å². The van der Waals surface area contributed by atoms with Gasteiger partial charge in [-0.15, -0.1) is 0 Å². The van der Waals surface area contributed by atoms with Crippen LogP contribution >= 0.6 is 15.9 Å². The Morgan fingerprint density at radius 1 is 1.38 bits per heavy atom. The van der Waals surface area contributed by atoms with Crippen LogP contribution in [0.4, 0.5) is 0 Å². The number of hydrogen-bond acceptors (Lipinski definition) is 2. The second-order valence-electron chi connectivity index (χ2n) is 2.79. The normalized spacial score (nSPS) is 10.5. The highest BCUT2D eigenvalue weighted by Gasteiger charge is 2.09. The zero-order chi connectivity index (χ0) is 10.2. The van der Waals surface area contributed by atoms with E-state index in [2.05, 4.69) is 15.9 Å². The Hall–Kier alpha value is -0.840. The summed E-state index contributed by atoms with van der Waals surface area (Å²) in [5, 5.41) is 0. The molecule has 72 valence electrons. The van der Waals surface area contributed by atoms with E-state index in [0.717, 1.165) is 0 Å². The lowest BCUT2D eigenvalue weighted by Gasteiger charge is -2.08. The molecule has 0 amide bonds. The van der Waals surface area contributed by atoms with E-state index in [1.165, 1.54) is 9.13 Å². The zero-order valence-corrected chi connectivity index (χ0v) is 9.38. The first-order chi connectivity index (χ1) is 6.00. The maximum atomic E-state index is 11.5. The van der Waals surface area contributed by atoms with Crippen LogP contribution in [-0.4, -0.2) is 9.13 Å². The van der Waals surface area contributed by atoms with Gasteiger partial charge in [-0.1, -0.05) is 0 Å². The van der Waals surface area contributed by atoms with Crippen LogP contribution < -0.4 is 11.2 Å². The van der Waals surface area contributed by atoms with Crippen molar-refractivity contribution in [1.29, 1.82) is 0 Å². The first-order valence-corrected chi connectivity index (χ1v) is 4.76. The molecule has 0 fully saturated rings. The van der Waals surface area contributed by atoms with Gasteiger partial charge in [-0.3, -0.25) is 13.9 Å². The van der Waals surface area contributed by atoms with Crippen molar-refractivity contribution in [3.05, 3.63) is 31.0 Å². The number of nitrogens with zero attached hydrogens (tertiary/aromatic N) is 2. The van der Waals surface area contributed by atoms with Crippen LogP contribution in [0, 0.1) is 6.92 Å². The van der Waals surface area contributed by atoms with E-state index in [4.69, 9.17) is 0 Å². The van der Waals surface area contributed by atoms with E-state index in [1.807, 2.05) is 0 Å². The quantitative estimate of drug-likeness (QED) is 0.730. The summed E-state index contributed by atoms with van der Waals surface area (Å²) < 4.78 is 3.10. The third-order valence-electron chi connectivity index (χ3n) is 2.09. The number of halogens is 1. The van der Waals surface area contributed by atoms with E-state index >= 15 is 0 Å². The van der Waals surface area contributed by atoms with Crippen molar-refractivity contribution in [3.8, 4) is 0 Å². The average Bonchev–Trinajstić information content (AvgIpc) is 2.13. The molecule has 0 aliphatic heterocycles. The minimum absolute atomic E-state index is 0.261. The zero-order valence-electron chi connectivity index (χ0n) is 7.80. The summed E-state index contributed by atoms with van der Waals surface area (Å²) in [7, 11) is 1.65. The van der Waals surface area contributed by atoms with Crippen molar-refractivity contribution < 1.29 is 0 Å². The van der Waals surface area contributed by atoms with Gasteiger partial charge in [-0.25, -0.2) is 4.79 Å². The molecule has 0 saturated carbocycles. The van der Waals surface area contributed by atoms with E-state index < -0.39 is 0 Å². The molecular weight excluding hydrogens is 236 g/mol. The highest BCUT2D eigenvalue weighted by molar-refractivity contribution is 9.10. The predicted molar refractivity (Wildman–Crippen MR) is 54.1 cm³/mol. The molecule has 0 aromatic carbocycles. The summed E-state index contributed by atoms with van der Waals surface area (Å²) in [6, 6.07) is 0.